The number of rotatable bonds is 11. The summed E-state index contributed by atoms with van der Waals surface area (Å²) in [5.41, 5.74) is 2.02. The van der Waals surface area contributed by atoms with Gasteiger partial charge in [-0.05, 0) is 49.4 Å². The number of aryl methyl sites for hydroxylation is 1. The van der Waals surface area contributed by atoms with Gasteiger partial charge in [-0.25, -0.2) is 0 Å². The average Bonchev–Trinajstić information content (AvgIpc) is 3.36. The van der Waals surface area contributed by atoms with Gasteiger partial charge in [0.1, 0.15) is 17.2 Å². The predicted molar refractivity (Wildman–Crippen MR) is 131 cm³/mol. The number of anilines is 2. The molecule has 0 aliphatic carbocycles. The summed E-state index contributed by atoms with van der Waals surface area (Å²) in [6.07, 6.45) is 0.895. The Hall–Kier alpha value is -3.52. The second-order valence-corrected chi connectivity index (χ2v) is 7.99. The molecule has 0 spiro atoms. The Bertz CT molecular complexity index is 1070. The molecule has 0 unspecified atom stereocenters. The zero-order valence-electron chi connectivity index (χ0n) is 19.0. The van der Waals surface area contributed by atoms with Gasteiger partial charge in [0, 0.05) is 18.6 Å². The fourth-order valence-electron chi connectivity index (χ4n) is 3.16. The zero-order valence-corrected chi connectivity index (χ0v) is 19.8. The van der Waals surface area contributed by atoms with Crippen LogP contribution in [0.4, 0.5) is 11.4 Å². The first kappa shape index (κ1) is 24.1. The van der Waals surface area contributed by atoms with E-state index in [1.54, 1.807) is 25.3 Å². The highest BCUT2D eigenvalue weighted by Gasteiger charge is 2.17. The second-order valence-electron chi connectivity index (χ2n) is 7.04. The summed E-state index contributed by atoms with van der Waals surface area (Å²) in [4.78, 5) is 25.8. The van der Waals surface area contributed by atoms with Gasteiger partial charge in [-0.1, -0.05) is 18.2 Å². The lowest BCUT2D eigenvalue weighted by Gasteiger charge is -2.17. The van der Waals surface area contributed by atoms with Gasteiger partial charge in [0.2, 0.25) is 5.91 Å². The van der Waals surface area contributed by atoms with Crippen molar-refractivity contribution in [2.75, 3.05) is 31.0 Å². The average molecular weight is 469 g/mol. The smallest absolute Gasteiger partial charge is 0.265 e. The number of benzene rings is 2. The van der Waals surface area contributed by atoms with E-state index in [1.165, 1.54) is 11.3 Å². The Morgan fingerprint density at radius 1 is 0.909 bits per heavy atom. The first-order chi connectivity index (χ1) is 16.0. The third kappa shape index (κ3) is 6.73. The molecule has 0 aliphatic rings. The van der Waals surface area contributed by atoms with Crippen LogP contribution in [-0.2, 0) is 11.2 Å². The summed E-state index contributed by atoms with van der Waals surface area (Å²) >= 11 is 1.35. The van der Waals surface area contributed by atoms with Crippen molar-refractivity contribution in [3.05, 3.63) is 64.4 Å². The maximum atomic E-state index is 12.7. The molecular formula is C25H28N2O5S. The first-order valence-corrected chi connectivity index (χ1v) is 11.6. The van der Waals surface area contributed by atoms with Gasteiger partial charge in [-0.3, -0.25) is 9.59 Å². The molecule has 0 saturated heterocycles. The fourth-order valence-corrected chi connectivity index (χ4v) is 3.78. The summed E-state index contributed by atoms with van der Waals surface area (Å²) in [5, 5.41) is 7.63. The number of methoxy groups -OCH3 is 1. The molecule has 0 bridgehead atoms. The highest BCUT2D eigenvalue weighted by Crippen LogP contribution is 2.37. The Morgan fingerprint density at radius 2 is 1.55 bits per heavy atom. The summed E-state index contributed by atoms with van der Waals surface area (Å²) in [6.45, 7) is 4.52. The van der Waals surface area contributed by atoms with Crippen LogP contribution in [0.25, 0.3) is 0 Å². The molecule has 3 aromatic rings. The normalized spacial score (nSPS) is 10.4. The van der Waals surface area contributed by atoms with Crippen LogP contribution in [0.5, 0.6) is 17.2 Å². The lowest BCUT2D eigenvalue weighted by molar-refractivity contribution is -0.116. The number of ether oxygens (including phenoxy) is 3. The van der Waals surface area contributed by atoms with Gasteiger partial charge >= 0.3 is 0 Å². The molecule has 1 aromatic heterocycles. The Kier molecular flexibility index (Phi) is 8.71. The van der Waals surface area contributed by atoms with E-state index in [-0.39, 0.29) is 11.8 Å². The zero-order chi connectivity index (χ0) is 23.6. The number of carbonyl (C=O) groups is 2. The van der Waals surface area contributed by atoms with Crippen LogP contribution in [0.1, 0.15) is 35.5 Å². The first-order valence-electron chi connectivity index (χ1n) is 10.7. The van der Waals surface area contributed by atoms with Crippen LogP contribution >= 0.6 is 11.3 Å². The largest absolute Gasteiger partial charge is 0.497 e. The molecule has 1 heterocycles. The predicted octanol–water partition coefficient (Wildman–Crippen LogP) is 5.38. The topological polar surface area (TPSA) is 85.9 Å². The lowest BCUT2D eigenvalue weighted by atomic mass is 10.1. The standard InChI is InChI=1S/C25H28N2O5S/c1-4-31-21-16-20(27-25(29)23-7-6-14-33-23)22(32-5-2)15-19(21)26-24(28)13-10-17-8-11-18(30-3)12-9-17/h6-9,11-12,14-16H,4-5,10,13H2,1-3H3,(H,26,28)(H,27,29). The van der Waals surface area contributed by atoms with Gasteiger partial charge < -0.3 is 24.8 Å². The van der Waals surface area contributed by atoms with Crippen molar-refractivity contribution in [1.29, 1.82) is 0 Å². The number of carbonyl (C=O) groups excluding carboxylic acids is 2. The quantitative estimate of drug-likeness (QED) is 0.395. The highest BCUT2D eigenvalue weighted by molar-refractivity contribution is 7.12. The van der Waals surface area contributed by atoms with Crippen molar-refractivity contribution in [1.82, 2.24) is 0 Å². The van der Waals surface area contributed by atoms with E-state index >= 15 is 0 Å². The van der Waals surface area contributed by atoms with Crippen LogP contribution in [-0.4, -0.2) is 32.1 Å². The summed E-state index contributed by atoms with van der Waals surface area (Å²) in [5.74, 6) is 1.31. The summed E-state index contributed by atoms with van der Waals surface area (Å²) in [6, 6.07) is 14.6. The van der Waals surface area contributed by atoms with E-state index < -0.39 is 0 Å². The molecule has 7 nitrogen and oxygen atoms in total. The molecule has 0 radical (unpaired) electrons. The van der Waals surface area contributed by atoms with Crippen molar-refractivity contribution < 1.29 is 23.8 Å². The number of thiophene rings is 1. The van der Waals surface area contributed by atoms with Crippen molar-refractivity contribution in [2.24, 2.45) is 0 Å². The third-order valence-corrected chi connectivity index (χ3v) is 5.62. The molecule has 174 valence electrons. The molecule has 3 rings (SSSR count). The van der Waals surface area contributed by atoms with Gasteiger partial charge in [-0.15, -0.1) is 11.3 Å². The van der Waals surface area contributed by atoms with Crippen molar-refractivity contribution in [3.8, 4) is 17.2 Å². The van der Waals surface area contributed by atoms with Crippen molar-refractivity contribution in [2.45, 2.75) is 26.7 Å². The Balaban J connectivity index is 1.75. The molecule has 33 heavy (non-hydrogen) atoms. The number of amides is 2. The minimum Gasteiger partial charge on any atom is -0.497 e. The Labute approximate surface area is 197 Å². The van der Waals surface area contributed by atoms with Crippen LogP contribution in [0.15, 0.2) is 53.9 Å². The monoisotopic (exact) mass is 468 g/mol. The molecule has 0 saturated carbocycles. The third-order valence-electron chi connectivity index (χ3n) is 4.75. The van der Waals surface area contributed by atoms with Crippen molar-refractivity contribution in [3.63, 3.8) is 0 Å². The van der Waals surface area contributed by atoms with E-state index in [4.69, 9.17) is 14.2 Å². The minimum absolute atomic E-state index is 0.149. The van der Waals surface area contributed by atoms with Gasteiger partial charge in [-0.2, -0.15) is 0 Å². The molecule has 2 aromatic carbocycles. The lowest BCUT2D eigenvalue weighted by Crippen LogP contribution is -2.15. The Morgan fingerprint density at radius 3 is 2.09 bits per heavy atom. The number of hydrogen-bond acceptors (Lipinski definition) is 6. The maximum absolute atomic E-state index is 12.7. The highest BCUT2D eigenvalue weighted by atomic mass is 32.1. The van der Waals surface area contributed by atoms with Crippen LogP contribution in [0, 0.1) is 0 Å². The van der Waals surface area contributed by atoms with Crippen molar-refractivity contribution >= 4 is 34.5 Å². The number of hydrogen-bond donors (Lipinski definition) is 2. The molecule has 0 atom stereocenters. The van der Waals surface area contributed by atoms with Crippen LogP contribution < -0.4 is 24.8 Å². The van der Waals surface area contributed by atoms with Gasteiger partial charge in [0.05, 0.1) is 36.6 Å². The van der Waals surface area contributed by atoms with E-state index in [0.717, 1.165) is 11.3 Å². The molecule has 8 heteroatoms. The second kappa shape index (κ2) is 11.9. The molecular weight excluding hydrogens is 440 g/mol. The van der Waals surface area contributed by atoms with E-state index in [2.05, 4.69) is 10.6 Å². The molecule has 0 fully saturated rings. The van der Waals surface area contributed by atoms with Crippen LogP contribution in [0.3, 0.4) is 0 Å². The van der Waals surface area contributed by atoms with Crippen LogP contribution in [0.2, 0.25) is 0 Å². The molecule has 2 amide bonds. The van der Waals surface area contributed by atoms with Gasteiger partial charge in [0.15, 0.2) is 0 Å². The summed E-state index contributed by atoms with van der Waals surface area (Å²) < 4.78 is 16.6. The summed E-state index contributed by atoms with van der Waals surface area (Å²) in [7, 11) is 1.62. The molecule has 0 aliphatic heterocycles. The molecule has 2 N–H and O–H groups in total. The fraction of sp³-hybridized carbons (Fsp3) is 0.280. The maximum Gasteiger partial charge on any atom is 0.265 e. The minimum atomic E-state index is -0.232. The van der Waals surface area contributed by atoms with E-state index in [9.17, 15) is 9.59 Å². The SMILES string of the molecule is CCOc1cc(NC(=O)c2cccs2)c(OCC)cc1NC(=O)CCc1ccc(OC)cc1. The van der Waals surface area contributed by atoms with Gasteiger partial charge in [0.25, 0.3) is 5.91 Å². The van der Waals surface area contributed by atoms with E-state index in [0.29, 0.717) is 53.8 Å². The number of nitrogens with one attached hydrogen (secondary N) is 2. The van der Waals surface area contributed by atoms with E-state index in [1.807, 2.05) is 49.6 Å².